The lowest BCUT2D eigenvalue weighted by molar-refractivity contribution is 0.0846. The van der Waals surface area contributed by atoms with Crippen molar-refractivity contribution >= 4 is 56.4 Å². The van der Waals surface area contributed by atoms with Gasteiger partial charge in [-0.1, -0.05) is 29.8 Å². The third-order valence-electron chi connectivity index (χ3n) is 5.36. The van der Waals surface area contributed by atoms with Crippen molar-refractivity contribution in [3.63, 3.8) is 0 Å². The molecule has 0 atom stereocenters. The Morgan fingerprint density at radius 3 is 1.92 bits per heavy atom. The van der Waals surface area contributed by atoms with Crippen molar-refractivity contribution in [2.24, 2.45) is 0 Å². The van der Waals surface area contributed by atoms with Crippen molar-refractivity contribution in [1.29, 1.82) is 0 Å². The van der Waals surface area contributed by atoms with E-state index in [0.29, 0.717) is 32.8 Å². The molecule has 9 nitrogen and oxygen atoms in total. The molecule has 4 rings (SSSR count). The number of carbonyl (C=O) groups is 3. The lowest BCUT2D eigenvalue weighted by atomic mass is 10.1. The summed E-state index contributed by atoms with van der Waals surface area (Å²) in [5.74, 6) is -0.544. The normalized spacial score (nSPS) is 10.5. The number of fused-ring (bicyclic) bond motifs is 1. The minimum atomic E-state index is -0.586. The smallest absolute Gasteiger partial charge is 0.269 e. The molecule has 4 aromatic rings. The van der Waals surface area contributed by atoms with Crippen LogP contribution in [0.25, 0.3) is 10.1 Å². The summed E-state index contributed by atoms with van der Waals surface area (Å²) in [7, 11) is 4.32. The quantitative estimate of drug-likeness (QED) is 0.288. The zero-order valence-corrected chi connectivity index (χ0v) is 21.6. The third kappa shape index (κ3) is 5.45. The summed E-state index contributed by atoms with van der Waals surface area (Å²) < 4.78 is 16.6. The Morgan fingerprint density at radius 1 is 0.757 bits per heavy atom. The van der Waals surface area contributed by atoms with Crippen LogP contribution >= 0.6 is 22.9 Å². The van der Waals surface area contributed by atoms with Crippen molar-refractivity contribution in [2.45, 2.75) is 0 Å². The van der Waals surface area contributed by atoms with Gasteiger partial charge in [0.2, 0.25) is 5.75 Å². The maximum absolute atomic E-state index is 12.7. The van der Waals surface area contributed by atoms with Gasteiger partial charge in [0.25, 0.3) is 17.7 Å². The Hall–Kier alpha value is -4.28. The first-order chi connectivity index (χ1) is 17.9. The molecular weight excluding hydrogens is 518 g/mol. The van der Waals surface area contributed by atoms with Crippen molar-refractivity contribution in [2.75, 3.05) is 26.6 Å². The molecule has 0 saturated carbocycles. The average molecular weight is 540 g/mol. The number of carbonyl (C=O) groups excluding carboxylic acids is 3. The number of rotatable bonds is 7. The predicted octanol–water partition coefficient (Wildman–Crippen LogP) is 4.91. The van der Waals surface area contributed by atoms with E-state index >= 15 is 0 Å². The second-order valence-corrected chi connectivity index (χ2v) is 9.03. The van der Waals surface area contributed by atoms with Gasteiger partial charge >= 0.3 is 0 Å². The van der Waals surface area contributed by atoms with Gasteiger partial charge in [-0.2, -0.15) is 0 Å². The Kier molecular flexibility index (Phi) is 7.80. The topological polar surface area (TPSA) is 115 Å². The highest BCUT2D eigenvalue weighted by molar-refractivity contribution is 7.21. The number of hydrogen-bond donors (Lipinski definition) is 3. The van der Waals surface area contributed by atoms with Crippen molar-refractivity contribution in [3.8, 4) is 17.2 Å². The maximum Gasteiger partial charge on any atom is 0.269 e. The number of nitrogens with one attached hydrogen (secondary N) is 3. The number of hydrazine groups is 1. The zero-order chi connectivity index (χ0) is 26.5. The van der Waals surface area contributed by atoms with E-state index in [-0.39, 0.29) is 17.0 Å². The van der Waals surface area contributed by atoms with Gasteiger partial charge < -0.3 is 19.5 Å². The summed E-state index contributed by atoms with van der Waals surface area (Å²) in [5.41, 5.74) is 5.64. The molecule has 0 aliphatic heterocycles. The van der Waals surface area contributed by atoms with Gasteiger partial charge in [0, 0.05) is 26.9 Å². The van der Waals surface area contributed by atoms with Crippen LogP contribution in [0, 0.1) is 0 Å². The first-order valence-corrected chi connectivity index (χ1v) is 12.0. The molecule has 37 heavy (non-hydrogen) atoms. The lowest BCUT2D eigenvalue weighted by Gasteiger charge is -2.14. The van der Waals surface area contributed by atoms with Crippen LogP contribution in [0.1, 0.15) is 30.4 Å². The number of amides is 3. The average Bonchev–Trinajstić information content (AvgIpc) is 3.27. The van der Waals surface area contributed by atoms with Crippen LogP contribution in [0.2, 0.25) is 5.02 Å². The number of benzene rings is 3. The Morgan fingerprint density at radius 2 is 1.35 bits per heavy atom. The molecular formula is C26H22ClN3O6S. The second-order valence-electron chi connectivity index (χ2n) is 7.60. The van der Waals surface area contributed by atoms with Crippen LogP contribution in [0.15, 0.2) is 60.7 Å². The highest BCUT2D eigenvalue weighted by Crippen LogP contribution is 2.38. The van der Waals surface area contributed by atoms with Gasteiger partial charge in [0.1, 0.15) is 4.88 Å². The number of halogens is 1. The first kappa shape index (κ1) is 25.8. The number of thiophene rings is 1. The second kappa shape index (κ2) is 11.2. The minimum Gasteiger partial charge on any atom is -0.493 e. The Bertz CT molecular complexity index is 1460. The van der Waals surface area contributed by atoms with Gasteiger partial charge in [-0.05, 0) is 42.5 Å². The summed E-state index contributed by atoms with van der Waals surface area (Å²) in [6, 6.07) is 16.6. The van der Waals surface area contributed by atoms with Crippen LogP contribution in [0.4, 0.5) is 5.69 Å². The molecule has 0 spiro atoms. The largest absolute Gasteiger partial charge is 0.493 e. The molecule has 0 radical (unpaired) electrons. The molecule has 11 heteroatoms. The maximum atomic E-state index is 12.7. The molecule has 0 bridgehead atoms. The van der Waals surface area contributed by atoms with E-state index in [0.717, 1.165) is 10.1 Å². The third-order valence-corrected chi connectivity index (χ3v) is 7.04. The number of hydrogen-bond acceptors (Lipinski definition) is 7. The SMILES string of the molecule is COc1cc(C(=O)NNC(=O)c2ccc(NC(=O)c3sc4ccccc4c3Cl)cc2)cc(OC)c1OC. The predicted molar refractivity (Wildman–Crippen MR) is 142 cm³/mol. The van der Waals surface area contributed by atoms with E-state index in [2.05, 4.69) is 16.2 Å². The monoisotopic (exact) mass is 539 g/mol. The van der Waals surface area contributed by atoms with Crippen molar-refractivity contribution in [1.82, 2.24) is 10.9 Å². The van der Waals surface area contributed by atoms with Crippen LogP contribution < -0.4 is 30.4 Å². The molecule has 0 fully saturated rings. The van der Waals surface area contributed by atoms with E-state index in [1.54, 1.807) is 12.1 Å². The highest BCUT2D eigenvalue weighted by Gasteiger charge is 2.19. The summed E-state index contributed by atoms with van der Waals surface area (Å²) in [5, 5.41) is 4.00. The van der Waals surface area contributed by atoms with Crippen LogP contribution in [0.3, 0.4) is 0 Å². The Labute approximate surface area is 221 Å². The number of methoxy groups -OCH3 is 3. The number of anilines is 1. The van der Waals surface area contributed by atoms with E-state index in [1.807, 2.05) is 24.3 Å². The fourth-order valence-corrected chi connectivity index (χ4v) is 4.94. The first-order valence-electron chi connectivity index (χ1n) is 10.9. The van der Waals surface area contributed by atoms with Crippen LogP contribution in [0.5, 0.6) is 17.2 Å². The van der Waals surface area contributed by atoms with Crippen LogP contribution in [-0.4, -0.2) is 39.1 Å². The Balaban J connectivity index is 1.39. The van der Waals surface area contributed by atoms with Gasteiger partial charge in [-0.25, -0.2) is 0 Å². The molecule has 1 heterocycles. The fraction of sp³-hybridized carbons (Fsp3) is 0.115. The molecule has 0 aliphatic carbocycles. The molecule has 190 valence electrons. The summed E-state index contributed by atoms with van der Waals surface area (Å²) >= 11 is 7.68. The molecule has 0 aliphatic rings. The number of ether oxygens (including phenoxy) is 3. The van der Waals surface area contributed by atoms with Gasteiger partial charge in [0.05, 0.1) is 26.4 Å². The van der Waals surface area contributed by atoms with Gasteiger partial charge in [0.15, 0.2) is 11.5 Å². The van der Waals surface area contributed by atoms with Gasteiger partial charge in [-0.15, -0.1) is 11.3 Å². The van der Waals surface area contributed by atoms with Crippen LogP contribution in [-0.2, 0) is 0 Å². The fourth-order valence-electron chi connectivity index (χ4n) is 3.52. The highest BCUT2D eigenvalue weighted by atomic mass is 35.5. The molecule has 3 amide bonds. The summed E-state index contributed by atoms with van der Waals surface area (Å²) in [6.45, 7) is 0. The van der Waals surface area contributed by atoms with E-state index in [1.165, 1.54) is 56.9 Å². The van der Waals surface area contributed by atoms with E-state index < -0.39 is 11.8 Å². The van der Waals surface area contributed by atoms with Crippen molar-refractivity contribution < 1.29 is 28.6 Å². The standard InChI is InChI=1S/C26H22ClN3O6S/c1-34-18-12-15(13-19(35-2)22(18)36-3)25(32)30-29-24(31)14-8-10-16(11-9-14)28-26(33)23-21(27)17-6-4-5-7-20(17)37-23/h4-13H,1-3H3,(H,28,33)(H,29,31)(H,30,32). The molecule has 1 aromatic heterocycles. The summed E-state index contributed by atoms with van der Waals surface area (Å²) in [4.78, 5) is 38.2. The molecule has 0 saturated heterocycles. The minimum absolute atomic E-state index is 0.188. The lowest BCUT2D eigenvalue weighted by Crippen LogP contribution is -2.41. The van der Waals surface area contributed by atoms with E-state index in [9.17, 15) is 14.4 Å². The molecule has 0 unspecified atom stereocenters. The zero-order valence-electron chi connectivity index (χ0n) is 20.0. The molecule has 3 N–H and O–H groups in total. The van der Waals surface area contributed by atoms with Gasteiger partial charge in [-0.3, -0.25) is 25.2 Å². The van der Waals surface area contributed by atoms with Crippen molar-refractivity contribution in [3.05, 3.63) is 81.7 Å². The molecule has 3 aromatic carbocycles. The summed E-state index contributed by atoms with van der Waals surface area (Å²) in [6.07, 6.45) is 0. The van der Waals surface area contributed by atoms with E-state index in [4.69, 9.17) is 25.8 Å².